The van der Waals surface area contributed by atoms with Gasteiger partial charge in [0.25, 0.3) is 0 Å². The number of aliphatic hydroxyl groups is 1. The third-order valence-corrected chi connectivity index (χ3v) is 7.67. The molecule has 0 radical (unpaired) electrons. The third kappa shape index (κ3) is 4.69. The molecule has 2 N–H and O–H groups in total. The van der Waals surface area contributed by atoms with E-state index in [4.69, 9.17) is 0 Å². The Morgan fingerprint density at radius 2 is 1.69 bits per heavy atom. The van der Waals surface area contributed by atoms with Crippen LogP contribution in [0.1, 0.15) is 28.8 Å². The third-order valence-electron chi connectivity index (χ3n) is 6.35. The first-order chi connectivity index (χ1) is 17.4. The molecule has 0 bridgehead atoms. The fourth-order valence-electron chi connectivity index (χ4n) is 4.45. The highest BCUT2D eigenvalue weighted by Gasteiger charge is 2.49. The van der Waals surface area contributed by atoms with Gasteiger partial charge in [-0.1, -0.05) is 30.3 Å². The van der Waals surface area contributed by atoms with Gasteiger partial charge in [-0.25, -0.2) is 14.4 Å². The van der Waals surface area contributed by atoms with Crippen molar-refractivity contribution in [3.05, 3.63) is 108 Å². The first-order valence-electron chi connectivity index (χ1n) is 11.5. The van der Waals surface area contributed by atoms with Gasteiger partial charge in [-0.2, -0.15) is 0 Å². The van der Waals surface area contributed by atoms with Gasteiger partial charge in [-0.15, -0.1) is 11.8 Å². The van der Waals surface area contributed by atoms with Crippen molar-refractivity contribution in [3.63, 3.8) is 0 Å². The number of β-lactam (4-membered cyclic amide) rings is 1. The van der Waals surface area contributed by atoms with Crippen molar-refractivity contribution < 1.29 is 19.4 Å². The maximum Gasteiger partial charge on any atom is 0.243 e. The Hall–Kier alpha value is -3.75. The molecule has 2 heterocycles. The number of aromatic nitrogens is 2. The summed E-state index contributed by atoms with van der Waals surface area (Å²) in [5.41, 5.74) is 4.99. The molecule has 8 heteroatoms. The summed E-state index contributed by atoms with van der Waals surface area (Å²) < 4.78 is 13.2. The number of aliphatic hydroxyl groups excluding tert-OH is 1. The van der Waals surface area contributed by atoms with Crippen molar-refractivity contribution in [3.8, 4) is 16.9 Å². The lowest BCUT2D eigenvalue weighted by atomic mass is 9.89. The van der Waals surface area contributed by atoms with Gasteiger partial charge in [-0.05, 0) is 65.6 Å². The van der Waals surface area contributed by atoms with E-state index in [1.807, 2.05) is 37.3 Å². The summed E-state index contributed by atoms with van der Waals surface area (Å²) in [6.07, 6.45) is 4.12. The minimum atomic E-state index is -0.827. The molecular weight excluding hydrogens is 477 g/mol. The summed E-state index contributed by atoms with van der Waals surface area (Å²) in [4.78, 5) is 23.3. The summed E-state index contributed by atoms with van der Waals surface area (Å²) in [6, 6.07) is 18.3. The molecule has 0 spiro atoms. The van der Waals surface area contributed by atoms with Gasteiger partial charge in [0.15, 0.2) is 0 Å². The molecule has 3 aromatic carbocycles. The lowest BCUT2D eigenvalue weighted by Crippen LogP contribution is -2.58. The number of phenols is 1. The Kier molecular flexibility index (Phi) is 6.71. The molecule has 1 aliphatic heterocycles. The number of amides is 1. The second kappa shape index (κ2) is 10.1. The van der Waals surface area contributed by atoms with E-state index >= 15 is 0 Å². The minimum Gasteiger partial charge on any atom is -0.508 e. The lowest BCUT2D eigenvalue weighted by Gasteiger charge is -2.47. The number of aromatic hydroxyl groups is 1. The van der Waals surface area contributed by atoms with Gasteiger partial charge in [-0.3, -0.25) is 4.79 Å². The van der Waals surface area contributed by atoms with Crippen LogP contribution in [0.4, 0.5) is 10.1 Å². The molecule has 6 nitrogen and oxygen atoms in total. The Balaban J connectivity index is 1.40. The molecule has 0 aliphatic carbocycles. The van der Waals surface area contributed by atoms with Crippen LogP contribution < -0.4 is 4.90 Å². The maximum absolute atomic E-state index is 13.4. The summed E-state index contributed by atoms with van der Waals surface area (Å²) in [5.74, 6) is 0.0340. The number of carbonyl (C=O) groups excluding carboxylic acids is 1. The van der Waals surface area contributed by atoms with Crippen molar-refractivity contribution in [1.29, 1.82) is 0 Å². The van der Waals surface area contributed by atoms with Crippen LogP contribution in [0.15, 0.2) is 85.5 Å². The molecule has 1 fully saturated rings. The van der Waals surface area contributed by atoms with E-state index in [1.165, 1.54) is 30.2 Å². The average Bonchev–Trinajstić information content (AvgIpc) is 2.89. The number of rotatable bonds is 7. The van der Waals surface area contributed by atoms with E-state index in [2.05, 4.69) is 9.97 Å². The molecule has 3 atom stereocenters. The number of carbonyl (C=O) groups is 1. The number of hydrogen-bond donors (Lipinski definition) is 2. The molecule has 1 amide bonds. The fraction of sp³-hybridized carbons (Fsp3) is 0.179. The van der Waals surface area contributed by atoms with Crippen molar-refractivity contribution in [2.24, 2.45) is 0 Å². The first kappa shape index (κ1) is 24.0. The molecule has 1 aliphatic rings. The van der Waals surface area contributed by atoms with Crippen LogP contribution in [0.3, 0.4) is 0 Å². The summed E-state index contributed by atoms with van der Waals surface area (Å²) in [6.45, 7) is 1.91. The SMILES string of the molecule is Cc1cc(O)ccc1[C@@H]1[C@@H](SC[C@H](O)c2ccc(F)cc2)C(=O)N1c1ccc(-c2cncnc2)cc1. The number of thioether (sulfide) groups is 1. The fourth-order valence-corrected chi connectivity index (χ4v) is 5.73. The van der Waals surface area contributed by atoms with E-state index in [-0.39, 0.29) is 29.3 Å². The molecule has 4 aromatic rings. The quantitative estimate of drug-likeness (QED) is 0.338. The summed E-state index contributed by atoms with van der Waals surface area (Å²) in [5, 5.41) is 20.1. The van der Waals surface area contributed by atoms with E-state index in [9.17, 15) is 19.4 Å². The van der Waals surface area contributed by atoms with Gasteiger partial charge in [0, 0.05) is 29.4 Å². The number of hydrogen-bond acceptors (Lipinski definition) is 6. The predicted octanol–water partition coefficient (Wildman–Crippen LogP) is 5.22. The van der Waals surface area contributed by atoms with Crippen molar-refractivity contribution >= 4 is 23.4 Å². The maximum atomic E-state index is 13.4. The van der Waals surface area contributed by atoms with E-state index in [0.717, 1.165) is 27.9 Å². The van der Waals surface area contributed by atoms with E-state index in [1.54, 1.807) is 41.6 Å². The van der Waals surface area contributed by atoms with Crippen molar-refractivity contribution in [2.75, 3.05) is 10.7 Å². The highest BCUT2D eigenvalue weighted by atomic mass is 32.2. The summed E-state index contributed by atoms with van der Waals surface area (Å²) >= 11 is 1.38. The smallest absolute Gasteiger partial charge is 0.243 e. The van der Waals surface area contributed by atoms with Gasteiger partial charge >= 0.3 is 0 Å². The topological polar surface area (TPSA) is 86.5 Å². The Morgan fingerprint density at radius 1 is 1.00 bits per heavy atom. The minimum absolute atomic E-state index is 0.0559. The van der Waals surface area contributed by atoms with E-state index in [0.29, 0.717) is 5.56 Å². The Morgan fingerprint density at radius 3 is 2.36 bits per heavy atom. The van der Waals surface area contributed by atoms with Crippen LogP contribution in [0.5, 0.6) is 5.75 Å². The van der Waals surface area contributed by atoms with Gasteiger partial charge in [0.1, 0.15) is 23.1 Å². The molecule has 1 aromatic heterocycles. The number of nitrogens with zero attached hydrogens (tertiary/aromatic N) is 3. The van der Waals surface area contributed by atoms with Crippen LogP contribution in [0, 0.1) is 12.7 Å². The number of benzene rings is 3. The molecule has 0 unspecified atom stereocenters. The zero-order valence-electron chi connectivity index (χ0n) is 19.5. The molecule has 1 saturated heterocycles. The standard InChI is InChI=1S/C28H24FN3O3S/c1-17-12-23(33)10-11-24(17)26-27(36-15-25(34)19-2-6-21(29)7-3-19)28(35)32(26)22-8-4-18(5-9-22)20-13-30-16-31-14-20/h2-14,16,25-27,33-34H,15H2,1H3/t25-,26+,27+/m0/s1. The van der Waals surface area contributed by atoms with Crippen LogP contribution in [-0.2, 0) is 4.79 Å². The van der Waals surface area contributed by atoms with Crippen LogP contribution >= 0.6 is 11.8 Å². The summed E-state index contributed by atoms with van der Waals surface area (Å²) in [7, 11) is 0. The van der Waals surface area contributed by atoms with Gasteiger partial charge in [0.2, 0.25) is 5.91 Å². The lowest BCUT2D eigenvalue weighted by molar-refractivity contribution is -0.123. The normalized spacial score (nSPS) is 18.1. The number of phenolic OH excluding ortho intramolecular Hbond substituents is 1. The molecule has 5 rings (SSSR count). The zero-order valence-corrected chi connectivity index (χ0v) is 20.3. The second-order valence-corrected chi connectivity index (χ2v) is 9.86. The van der Waals surface area contributed by atoms with Crippen LogP contribution in [0.2, 0.25) is 0 Å². The Labute approximate surface area is 212 Å². The highest BCUT2D eigenvalue weighted by molar-refractivity contribution is 8.00. The van der Waals surface area contributed by atoms with Crippen LogP contribution in [-0.4, -0.2) is 37.1 Å². The molecule has 0 saturated carbocycles. The number of halogens is 1. The predicted molar refractivity (Wildman–Crippen MR) is 138 cm³/mol. The largest absolute Gasteiger partial charge is 0.508 e. The number of aryl methyl sites for hydroxylation is 1. The Bertz CT molecular complexity index is 1370. The van der Waals surface area contributed by atoms with Gasteiger partial charge < -0.3 is 15.1 Å². The second-order valence-electron chi connectivity index (χ2n) is 8.69. The first-order valence-corrected chi connectivity index (χ1v) is 12.5. The average molecular weight is 502 g/mol. The van der Waals surface area contributed by atoms with E-state index < -0.39 is 11.4 Å². The van der Waals surface area contributed by atoms with Crippen LogP contribution in [0.25, 0.3) is 11.1 Å². The molecule has 182 valence electrons. The van der Waals surface area contributed by atoms with Crippen molar-refractivity contribution in [2.45, 2.75) is 24.3 Å². The highest BCUT2D eigenvalue weighted by Crippen LogP contribution is 2.47. The zero-order chi connectivity index (χ0) is 25.2. The monoisotopic (exact) mass is 501 g/mol. The number of anilines is 1. The van der Waals surface area contributed by atoms with Gasteiger partial charge in [0.05, 0.1) is 12.1 Å². The molecule has 36 heavy (non-hydrogen) atoms. The van der Waals surface area contributed by atoms with Crippen molar-refractivity contribution in [1.82, 2.24) is 9.97 Å². The molecular formula is C28H24FN3O3S.